The molecule has 1 aromatic heterocycles. The maximum atomic E-state index is 13.8. The molecular weight excluding hydrogens is 540 g/mol. The van der Waals surface area contributed by atoms with E-state index in [9.17, 15) is 18.4 Å². The molecule has 42 heavy (non-hydrogen) atoms. The van der Waals surface area contributed by atoms with Crippen LogP contribution in [0.25, 0.3) is 10.9 Å². The Kier molecular flexibility index (Phi) is 9.30. The van der Waals surface area contributed by atoms with E-state index < -0.39 is 5.92 Å². The third-order valence-corrected chi connectivity index (χ3v) is 8.50. The lowest BCUT2D eigenvalue weighted by molar-refractivity contribution is -0.120. The molecule has 224 valence electrons. The molecule has 0 radical (unpaired) electrons. The summed E-state index contributed by atoms with van der Waals surface area (Å²) in [4.78, 5) is 38.1. The van der Waals surface area contributed by atoms with Crippen molar-refractivity contribution in [1.82, 2.24) is 19.8 Å². The molecule has 8 nitrogen and oxygen atoms in total. The van der Waals surface area contributed by atoms with Gasteiger partial charge in [0.1, 0.15) is 18.8 Å². The van der Waals surface area contributed by atoms with Crippen molar-refractivity contribution >= 4 is 28.6 Å². The minimum Gasteiger partial charge on any atom is -0.445 e. The fourth-order valence-electron chi connectivity index (χ4n) is 6.16. The van der Waals surface area contributed by atoms with E-state index in [0.717, 1.165) is 51.3 Å². The van der Waals surface area contributed by atoms with Crippen molar-refractivity contribution in [1.29, 1.82) is 0 Å². The first-order chi connectivity index (χ1) is 20.2. The summed E-state index contributed by atoms with van der Waals surface area (Å²) in [6.07, 6.45) is 5.52. The van der Waals surface area contributed by atoms with E-state index in [-0.39, 0.29) is 36.6 Å². The zero-order chi connectivity index (χ0) is 29.7. The van der Waals surface area contributed by atoms with Crippen LogP contribution >= 0.6 is 0 Å². The average Bonchev–Trinajstić information content (AvgIpc) is 2.97. The molecule has 1 N–H and O–H groups in total. The molecule has 1 amide bonds. The summed E-state index contributed by atoms with van der Waals surface area (Å²) in [6.45, 7) is 5.63. The van der Waals surface area contributed by atoms with E-state index in [0.29, 0.717) is 41.6 Å². The Labute approximate surface area is 245 Å². The first kappa shape index (κ1) is 29.8. The minimum absolute atomic E-state index is 0.0692. The third kappa shape index (κ3) is 7.21. The Balaban J connectivity index is 1.04. The van der Waals surface area contributed by atoms with Crippen LogP contribution in [0.5, 0.6) is 0 Å². The third-order valence-electron chi connectivity index (χ3n) is 8.50. The number of carbonyl (C=O) groups excluding carboxylic acids is 2. The molecule has 3 aromatic rings. The summed E-state index contributed by atoms with van der Waals surface area (Å²) in [5, 5.41) is 3.51. The Morgan fingerprint density at radius 3 is 2.50 bits per heavy atom. The number of carbonyl (C=O) groups is 2. The monoisotopic (exact) mass is 579 g/mol. The van der Waals surface area contributed by atoms with Crippen LogP contribution in [0.15, 0.2) is 54.9 Å². The molecule has 2 aliphatic rings. The second kappa shape index (κ2) is 13.1. The summed E-state index contributed by atoms with van der Waals surface area (Å²) < 4.78 is 33.2. The van der Waals surface area contributed by atoms with E-state index in [1.807, 2.05) is 42.2 Å². The van der Waals surface area contributed by atoms with Gasteiger partial charge in [0.15, 0.2) is 5.78 Å². The molecule has 1 saturated carbocycles. The van der Waals surface area contributed by atoms with Gasteiger partial charge in [0, 0.05) is 56.0 Å². The largest absolute Gasteiger partial charge is 0.445 e. The van der Waals surface area contributed by atoms with E-state index >= 15 is 0 Å². The number of ketones is 1. The number of benzene rings is 2. The lowest BCUT2D eigenvalue weighted by Gasteiger charge is -2.47. The predicted molar refractivity (Wildman–Crippen MR) is 157 cm³/mol. The molecule has 2 heterocycles. The number of rotatable bonds is 11. The van der Waals surface area contributed by atoms with Gasteiger partial charge in [0.05, 0.1) is 12.1 Å². The molecule has 0 atom stereocenters. The van der Waals surface area contributed by atoms with Gasteiger partial charge >= 0.3 is 6.09 Å². The predicted octanol–water partition coefficient (Wildman–Crippen LogP) is 6.01. The van der Waals surface area contributed by atoms with Gasteiger partial charge in [-0.1, -0.05) is 36.4 Å². The lowest BCUT2D eigenvalue weighted by atomic mass is 9.84. The molecule has 1 saturated heterocycles. The summed E-state index contributed by atoms with van der Waals surface area (Å²) in [5.41, 5.74) is 1.41. The van der Waals surface area contributed by atoms with Crippen molar-refractivity contribution < 1.29 is 23.1 Å². The van der Waals surface area contributed by atoms with Gasteiger partial charge in [-0.05, 0) is 56.2 Å². The summed E-state index contributed by atoms with van der Waals surface area (Å²) in [5.74, 6) is -2.21. The van der Waals surface area contributed by atoms with Crippen LogP contribution in [0.4, 0.5) is 19.4 Å². The number of amides is 1. The summed E-state index contributed by atoms with van der Waals surface area (Å²) in [7, 11) is 0. The van der Waals surface area contributed by atoms with Crippen LogP contribution in [-0.4, -0.2) is 69.9 Å². The topological polar surface area (TPSA) is 87.7 Å². The van der Waals surface area contributed by atoms with Crippen molar-refractivity contribution in [3.05, 3.63) is 66.0 Å². The highest BCUT2D eigenvalue weighted by molar-refractivity contribution is 5.91. The summed E-state index contributed by atoms with van der Waals surface area (Å²) in [6, 6.07) is 14.7. The van der Waals surface area contributed by atoms with Crippen LogP contribution in [0.3, 0.4) is 0 Å². The average molecular weight is 580 g/mol. The van der Waals surface area contributed by atoms with Gasteiger partial charge in [0.2, 0.25) is 0 Å². The Morgan fingerprint density at radius 1 is 1.07 bits per heavy atom. The molecular formula is C32H39F2N5O3. The van der Waals surface area contributed by atoms with Gasteiger partial charge in [-0.15, -0.1) is 0 Å². The number of likely N-dealkylation sites (tertiary alicyclic amines) is 1. The van der Waals surface area contributed by atoms with E-state index in [1.165, 1.54) is 18.5 Å². The second-order valence-electron chi connectivity index (χ2n) is 11.5. The standard InChI is InChI=1S/C32H39F2N5O3/c1-3-39(31(41)42-20-22-7-5-4-6-8-22)26-12-10-25(11-13-26)38-18-23(19-38)15-27(40)17-35-30-28-16-24(32(2,33)34)9-14-29(28)36-21-37-30/h4-9,14,16,21,23,25-26H,3,10-13,15,17-20H2,1-2H3,(H,35,36,37). The number of Topliss-reactive ketones (excluding diaryl/α,β-unsaturated/α-hetero) is 1. The molecule has 10 heteroatoms. The highest BCUT2D eigenvalue weighted by Crippen LogP contribution is 2.33. The number of nitrogens with zero attached hydrogens (tertiary/aromatic N) is 4. The van der Waals surface area contributed by atoms with Crippen LogP contribution in [0.1, 0.15) is 57.1 Å². The van der Waals surface area contributed by atoms with Crippen LogP contribution in [0.2, 0.25) is 0 Å². The van der Waals surface area contributed by atoms with Crippen molar-refractivity contribution in [3.63, 3.8) is 0 Å². The number of hydrogen-bond acceptors (Lipinski definition) is 7. The zero-order valence-corrected chi connectivity index (χ0v) is 24.3. The maximum absolute atomic E-state index is 13.8. The zero-order valence-electron chi connectivity index (χ0n) is 24.3. The smallest absolute Gasteiger partial charge is 0.410 e. The van der Waals surface area contributed by atoms with Crippen molar-refractivity contribution in [2.45, 2.75) is 70.6 Å². The van der Waals surface area contributed by atoms with Crippen molar-refractivity contribution in [3.8, 4) is 0 Å². The van der Waals surface area contributed by atoms with Gasteiger partial charge < -0.3 is 15.0 Å². The number of hydrogen-bond donors (Lipinski definition) is 1. The molecule has 1 aliphatic carbocycles. The molecule has 0 spiro atoms. The number of halogens is 2. The maximum Gasteiger partial charge on any atom is 0.410 e. The first-order valence-corrected chi connectivity index (χ1v) is 14.8. The number of nitrogens with one attached hydrogen (secondary N) is 1. The van der Waals surface area contributed by atoms with Crippen LogP contribution in [0, 0.1) is 5.92 Å². The number of ether oxygens (including phenoxy) is 1. The normalized spacial score (nSPS) is 19.7. The fourth-order valence-corrected chi connectivity index (χ4v) is 6.16. The van der Waals surface area contributed by atoms with E-state index in [1.54, 1.807) is 6.07 Å². The van der Waals surface area contributed by atoms with Gasteiger partial charge in [0.25, 0.3) is 5.92 Å². The number of anilines is 1. The molecule has 2 aromatic carbocycles. The fraction of sp³-hybridized carbons (Fsp3) is 0.500. The molecule has 0 unspecified atom stereocenters. The molecule has 5 rings (SSSR count). The number of alkyl halides is 2. The SMILES string of the molecule is CCN(C(=O)OCc1ccccc1)C1CCC(N2CC(CC(=O)CNc3ncnc4ccc(C(C)(F)F)cc34)C2)CC1. The number of fused-ring (bicyclic) bond motifs is 1. The van der Waals surface area contributed by atoms with Gasteiger partial charge in [-0.3, -0.25) is 9.69 Å². The van der Waals surface area contributed by atoms with Gasteiger partial charge in [-0.25, -0.2) is 23.5 Å². The highest BCUT2D eigenvalue weighted by atomic mass is 19.3. The number of aromatic nitrogens is 2. The minimum atomic E-state index is -2.98. The van der Waals surface area contributed by atoms with Crippen molar-refractivity contribution in [2.75, 3.05) is 31.5 Å². The van der Waals surface area contributed by atoms with Gasteiger partial charge in [-0.2, -0.15) is 0 Å². The first-order valence-electron chi connectivity index (χ1n) is 14.8. The van der Waals surface area contributed by atoms with E-state index in [2.05, 4.69) is 20.2 Å². The Morgan fingerprint density at radius 2 is 1.81 bits per heavy atom. The molecule has 2 fully saturated rings. The summed E-state index contributed by atoms with van der Waals surface area (Å²) >= 11 is 0. The quantitative estimate of drug-likeness (QED) is 0.298. The van der Waals surface area contributed by atoms with Crippen LogP contribution in [-0.2, 0) is 22.1 Å². The Hall–Kier alpha value is -3.66. The molecule has 1 aliphatic heterocycles. The molecule has 0 bridgehead atoms. The van der Waals surface area contributed by atoms with Crippen LogP contribution < -0.4 is 5.32 Å². The van der Waals surface area contributed by atoms with Crippen molar-refractivity contribution in [2.24, 2.45) is 5.92 Å². The highest BCUT2D eigenvalue weighted by Gasteiger charge is 2.37. The Bertz CT molecular complexity index is 1370. The van der Waals surface area contributed by atoms with E-state index in [4.69, 9.17) is 4.74 Å². The lowest BCUT2D eigenvalue weighted by Crippen LogP contribution is -2.55. The second-order valence-corrected chi connectivity index (χ2v) is 11.5.